The molecule has 0 unspecified atom stereocenters. The number of aliphatic hydroxyl groups is 2. The molecular formula is C14H20N2O6. The van der Waals surface area contributed by atoms with Gasteiger partial charge in [0.1, 0.15) is 0 Å². The van der Waals surface area contributed by atoms with Crippen LogP contribution in [0.4, 0.5) is 5.69 Å². The molecule has 2 amide bonds. The lowest BCUT2D eigenvalue weighted by Crippen LogP contribution is -2.42. The largest absolute Gasteiger partial charge is 0.493 e. The summed E-state index contributed by atoms with van der Waals surface area (Å²) in [6.45, 7) is -0.651. The zero-order valence-corrected chi connectivity index (χ0v) is 12.5. The predicted octanol–water partition coefficient (Wildman–Crippen LogP) is -0.544. The highest BCUT2D eigenvalue weighted by Crippen LogP contribution is 2.29. The number of hydrogen-bond donors (Lipinski definition) is 3. The molecule has 0 heterocycles. The maximum Gasteiger partial charge on any atom is 0.313 e. The SMILES string of the molecule is COc1ccc(NC(=O)C(=O)N(CCO)CCO)cc1OC. The molecule has 0 bridgehead atoms. The Hall–Kier alpha value is -2.32. The summed E-state index contributed by atoms with van der Waals surface area (Å²) < 4.78 is 10.2. The van der Waals surface area contributed by atoms with Gasteiger partial charge in [0.15, 0.2) is 11.5 Å². The molecule has 0 aliphatic heterocycles. The number of amides is 2. The first-order valence-electron chi connectivity index (χ1n) is 6.61. The van der Waals surface area contributed by atoms with E-state index >= 15 is 0 Å². The minimum atomic E-state index is -0.867. The van der Waals surface area contributed by atoms with Crippen LogP contribution < -0.4 is 14.8 Å². The third-order valence-electron chi connectivity index (χ3n) is 2.86. The molecule has 0 atom stereocenters. The van der Waals surface area contributed by atoms with Gasteiger partial charge in [-0.25, -0.2) is 0 Å². The quantitative estimate of drug-likeness (QED) is 0.583. The van der Waals surface area contributed by atoms with Crippen molar-refractivity contribution in [1.29, 1.82) is 0 Å². The van der Waals surface area contributed by atoms with Crippen LogP contribution >= 0.6 is 0 Å². The van der Waals surface area contributed by atoms with Gasteiger partial charge in [-0.1, -0.05) is 0 Å². The molecule has 0 spiro atoms. The summed E-state index contributed by atoms with van der Waals surface area (Å²) in [6, 6.07) is 4.68. The minimum Gasteiger partial charge on any atom is -0.493 e. The first-order valence-corrected chi connectivity index (χ1v) is 6.61. The summed E-state index contributed by atoms with van der Waals surface area (Å²) in [4.78, 5) is 24.9. The van der Waals surface area contributed by atoms with Gasteiger partial charge in [0, 0.05) is 24.8 Å². The predicted molar refractivity (Wildman–Crippen MR) is 78.9 cm³/mol. The van der Waals surface area contributed by atoms with Crippen LogP contribution in [-0.4, -0.2) is 67.5 Å². The Labute approximate surface area is 128 Å². The zero-order valence-electron chi connectivity index (χ0n) is 12.5. The van der Waals surface area contributed by atoms with E-state index in [9.17, 15) is 9.59 Å². The Bertz CT molecular complexity index is 514. The molecule has 0 aliphatic carbocycles. The maximum absolute atomic E-state index is 11.9. The fraction of sp³-hybridized carbons (Fsp3) is 0.429. The average molecular weight is 312 g/mol. The highest BCUT2D eigenvalue weighted by Gasteiger charge is 2.21. The van der Waals surface area contributed by atoms with Crippen molar-refractivity contribution in [1.82, 2.24) is 4.90 Å². The molecule has 1 rings (SSSR count). The molecule has 0 saturated carbocycles. The zero-order chi connectivity index (χ0) is 16.5. The van der Waals surface area contributed by atoms with Crippen LogP contribution in [0.15, 0.2) is 18.2 Å². The van der Waals surface area contributed by atoms with E-state index in [2.05, 4.69) is 5.32 Å². The lowest BCUT2D eigenvalue weighted by Gasteiger charge is -2.20. The number of aliphatic hydroxyl groups excluding tert-OH is 2. The van der Waals surface area contributed by atoms with Gasteiger partial charge < -0.3 is 29.9 Å². The van der Waals surface area contributed by atoms with Crippen molar-refractivity contribution >= 4 is 17.5 Å². The molecule has 8 nitrogen and oxygen atoms in total. The molecule has 8 heteroatoms. The van der Waals surface area contributed by atoms with Crippen LogP contribution in [-0.2, 0) is 9.59 Å². The van der Waals surface area contributed by atoms with Crippen molar-refractivity contribution in [3.05, 3.63) is 18.2 Å². The van der Waals surface area contributed by atoms with E-state index in [0.717, 1.165) is 4.90 Å². The number of benzene rings is 1. The van der Waals surface area contributed by atoms with Gasteiger partial charge in [0.25, 0.3) is 0 Å². The topological polar surface area (TPSA) is 108 Å². The number of carbonyl (C=O) groups is 2. The Morgan fingerprint density at radius 1 is 1.09 bits per heavy atom. The van der Waals surface area contributed by atoms with Gasteiger partial charge in [-0.05, 0) is 12.1 Å². The summed E-state index contributed by atoms with van der Waals surface area (Å²) in [5.41, 5.74) is 0.365. The molecule has 1 aromatic rings. The summed E-state index contributed by atoms with van der Waals surface area (Å²) >= 11 is 0. The van der Waals surface area contributed by atoms with Crippen LogP contribution in [0.25, 0.3) is 0 Å². The van der Waals surface area contributed by atoms with Gasteiger partial charge in [-0.2, -0.15) is 0 Å². The normalized spacial score (nSPS) is 10.0. The van der Waals surface area contributed by atoms with E-state index in [-0.39, 0.29) is 26.3 Å². The molecular weight excluding hydrogens is 292 g/mol. The number of rotatable bonds is 7. The van der Waals surface area contributed by atoms with Gasteiger partial charge in [-0.3, -0.25) is 9.59 Å². The second-order valence-electron chi connectivity index (χ2n) is 4.26. The van der Waals surface area contributed by atoms with Crippen LogP contribution in [0.2, 0.25) is 0 Å². The number of carbonyl (C=O) groups excluding carboxylic acids is 2. The Morgan fingerprint density at radius 2 is 1.68 bits per heavy atom. The van der Waals surface area contributed by atoms with Gasteiger partial charge in [0.05, 0.1) is 27.4 Å². The van der Waals surface area contributed by atoms with E-state index in [4.69, 9.17) is 19.7 Å². The summed E-state index contributed by atoms with van der Waals surface area (Å²) in [5.74, 6) is -0.795. The number of anilines is 1. The second-order valence-corrected chi connectivity index (χ2v) is 4.26. The van der Waals surface area contributed by atoms with E-state index in [1.54, 1.807) is 12.1 Å². The first kappa shape index (κ1) is 17.7. The van der Waals surface area contributed by atoms with Crippen LogP contribution in [0.1, 0.15) is 0 Å². The third kappa shape index (κ3) is 4.61. The molecule has 1 aromatic carbocycles. The molecule has 0 saturated heterocycles. The number of ether oxygens (including phenoxy) is 2. The molecule has 0 aliphatic rings. The van der Waals surface area contributed by atoms with Crippen molar-refractivity contribution in [3.8, 4) is 11.5 Å². The fourth-order valence-electron chi connectivity index (χ4n) is 1.80. The molecule has 0 aromatic heterocycles. The Kier molecular flexibility index (Phi) is 7.14. The van der Waals surface area contributed by atoms with Crippen LogP contribution in [0.3, 0.4) is 0 Å². The fourth-order valence-corrected chi connectivity index (χ4v) is 1.80. The van der Waals surface area contributed by atoms with E-state index < -0.39 is 11.8 Å². The molecule has 0 radical (unpaired) electrons. The number of methoxy groups -OCH3 is 2. The Balaban J connectivity index is 2.80. The molecule has 3 N–H and O–H groups in total. The highest BCUT2D eigenvalue weighted by molar-refractivity contribution is 6.39. The summed E-state index contributed by atoms with van der Waals surface area (Å²) in [5, 5.41) is 20.2. The first-order chi connectivity index (χ1) is 10.6. The lowest BCUT2D eigenvalue weighted by molar-refractivity contribution is -0.143. The summed E-state index contributed by atoms with van der Waals surface area (Å²) in [7, 11) is 2.94. The summed E-state index contributed by atoms with van der Waals surface area (Å²) in [6.07, 6.45) is 0. The third-order valence-corrected chi connectivity index (χ3v) is 2.86. The smallest absolute Gasteiger partial charge is 0.313 e. The van der Waals surface area contributed by atoms with Crippen LogP contribution in [0, 0.1) is 0 Å². The van der Waals surface area contributed by atoms with Crippen molar-refractivity contribution in [3.63, 3.8) is 0 Å². The van der Waals surface area contributed by atoms with Gasteiger partial charge in [0.2, 0.25) is 0 Å². The van der Waals surface area contributed by atoms with Gasteiger partial charge in [-0.15, -0.1) is 0 Å². The maximum atomic E-state index is 11.9. The standard InChI is InChI=1S/C14H20N2O6/c1-21-11-4-3-10(9-12(11)22-2)15-13(19)14(20)16(5-7-17)6-8-18/h3-4,9,17-18H,5-8H2,1-2H3,(H,15,19). The van der Waals surface area contributed by atoms with Gasteiger partial charge >= 0.3 is 11.8 Å². The molecule has 122 valence electrons. The van der Waals surface area contributed by atoms with Crippen molar-refractivity contribution in [2.24, 2.45) is 0 Å². The molecule has 22 heavy (non-hydrogen) atoms. The van der Waals surface area contributed by atoms with Crippen LogP contribution in [0.5, 0.6) is 11.5 Å². The second kappa shape index (κ2) is 8.85. The average Bonchev–Trinajstić information content (AvgIpc) is 2.53. The number of hydrogen-bond acceptors (Lipinski definition) is 6. The van der Waals surface area contributed by atoms with E-state index in [1.165, 1.54) is 20.3 Å². The van der Waals surface area contributed by atoms with E-state index in [1.807, 2.05) is 0 Å². The van der Waals surface area contributed by atoms with Crippen molar-refractivity contribution in [2.45, 2.75) is 0 Å². The monoisotopic (exact) mass is 312 g/mol. The van der Waals surface area contributed by atoms with E-state index in [0.29, 0.717) is 17.2 Å². The lowest BCUT2D eigenvalue weighted by atomic mass is 10.2. The van der Waals surface area contributed by atoms with Crippen molar-refractivity contribution in [2.75, 3.05) is 45.8 Å². The number of nitrogens with one attached hydrogen (secondary N) is 1. The molecule has 0 fully saturated rings. The number of nitrogens with zero attached hydrogens (tertiary/aromatic N) is 1. The van der Waals surface area contributed by atoms with Crippen molar-refractivity contribution < 1.29 is 29.3 Å². The minimum absolute atomic E-state index is 0.0290. The Morgan fingerprint density at radius 3 is 2.18 bits per heavy atom. The highest BCUT2D eigenvalue weighted by atomic mass is 16.5.